The highest BCUT2D eigenvalue weighted by Gasteiger charge is 2.05. The minimum Gasteiger partial charge on any atom is -0.315 e. The minimum atomic E-state index is -2.79. The van der Waals surface area contributed by atoms with Crippen LogP contribution in [0.2, 0.25) is 0 Å². The smallest absolute Gasteiger partial charge is 0.150 e. The summed E-state index contributed by atoms with van der Waals surface area (Å²) in [6.45, 7) is 5.02. The first kappa shape index (κ1) is 13.2. The molecule has 1 atom stereocenters. The summed E-state index contributed by atoms with van der Waals surface area (Å²) in [4.78, 5) is 0. The van der Waals surface area contributed by atoms with Gasteiger partial charge in [0.25, 0.3) is 0 Å². The molecule has 13 heavy (non-hydrogen) atoms. The van der Waals surface area contributed by atoms with Gasteiger partial charge in [-0.1, -0.05) is 6.92 Å². The average Bonchev–Trinajstić information content (AvgIpc) is 2.03. The Bertz CT molecular complexity index is 214. The van der Waals surface area contributed by atoms with Gasteiger partial charge in [0.15, 0.2) is 0 Å². The third-order valence-electron chi connectivity index (χ3n) is 1.67. The van der Waals surface area contributed by atoms with Gasteiger partial charge >= 0.3 is 0 Å². The average molecular weight is 228 g/mol. The lowest BCUT2D eigenvalue weighted by atomic mass is 10.4. The molecule has 0 heterocycles. The van der Waals surface area contributed by atoms with Crippen molar-refractivity contribution in [3.63, 3.8) is 0 Å². The molecule has 0 aliphatic rings. The molecule has 0 aliphatic carbocycles. The molecule has 80 valence electrons. The van der Waals surface area contributed by atoms with E-state index in [9.17, 15) is 8.42 Å². The van der Waals surface area contributed by atoms with Gasteiger partial charge in [0.2, 0.25) is 0 Å². The predicted molar refractivity (Wildman–Crippen MR) is 57.1 cm³/mol. The Morgan fingerprint density at radius 3 is 2.54 bits per heavy atom. The van der Waals surface area contributed by atoms with Crippen LogP contribution in [0.5, 0.6) is 0 Å². The number of nitrogens with one attached hydrogen (secondary N) is 1. The lowest BCUT2D eigenvalue weighted by molar-refractivity contribution is 0.589. The van der Waals surface area contributed by atoms with Crippen LogP contribution in [0.25, 0.3) is 0 Å². The molecule has 0 saturated carbocycles. The second-order valence-corrected chi connectivity index (χ2v) is 6.29. The van der Waals surface area contributed by atoms with Crippen LogP contribution in [0.4, 0.5) is 0 Å². The Morgan fingerprint density at radius 2 is 2.08 bits per heavy atom. The summed E-state index contributed by atoms with van der Waals surface area (Å²) in [6, 6.07) is 0. The maximum absolute atomic E-state index is 11.0. The molecule has 5 heteroatoms. The first-order valence-electron chi connectivity index (χ1n) is 4.53. The lowest BCUT2D eigenvalue weighted by Crippen LogP contribution is -2.24. The first-order valence-corrected chi connectivity index (χ1v) is 6.79. The summed E-state index contributed by atoms with van der Waals surface area (Å²) < 4.78 is 22.1. The number of hydrogen-bond acceptors (Lipinski definition) is 3. The molecule has 0 aromatic rings. The quantitative estimate of drug-likeness (QED) is 0.522. The summed E-state index contributed by atoms with van der Waals surface area (Å²) >= 11 is 5.69. The summed E-state index contributed by atoms with van der Waals surface area (Å²) in [7, 11) is -2.79. The zero-order valence-corrected chi connectivity index (χ0v) is 9.79. The molecule has 0 spiro atoms. The van der Waals surface area contributed by atoms with E-state index >= 15 is 0 Å². The molecular weight excluding hydrogens is 210 g/mol. The number of halogens is 1. The van der Waals surface area contributed by atoms with Gasteiger partial charge in [0, 0.05) is 17.7 Å². The lowest BCUT2D eigenvalue weighted by Gasteiger charge is -2.05. The van der Waals surface area contributed by atoms with Crippen LogP contribution < -0.4 is 5.32 Å². The molecule has 0 rings (SSSR count). The molecular formula is C8H18ClNO2S. The van der Waals surface area contributed by atoms with Crippen LogP contribution >= 0.6 is 11.6 Å². The van der Waals surface area contributed by atoms with E-state index in [1.54, 1.807) is 6.92 Å². The molecule has 0 saturated heterocycles. The fraction of sp³-hybridized carbons (Fsp3) is 1.00. The van der Waals surface area contributed by atoms with Crippen molar-refractivity contribution in [3.8, 4) is 0 Å². The summed E-state index contributed by atoms with van der Waals surface area (Å²) in [6.07, 6.45) is 0.666. The standard InChI is InChI=1S/C8H18ClNO2S/c1-3-13(11,12)6-4-5-10-7-8(2)9/h8,10H,3-7H2,1-2H3. The maximum Gasteiger partial charge on any atom is 0.150 e. The Labute approximate surface area is 85.8 Å². The van der Waals surface area contributed by atoms with Crippen LogP contribution in [0.3, 0.4) is 0 Å². The summed E-state index contributed by atoms with van der Waals surface area (Å²) in [5.41, 5.74) is 0. The highest BCUT2D eigenvalue weighted by atomic mass is 35.5. The number of alkyl halides is 1. The van der Waals surface area contributed by atoms with Crippen LogP contribution in [-0.2, 0) is 9.84 Å². The summed E-state index contributed by atoms with van der Waals surface area (Å²) in [5.74, 6) is 0.506. The van der Waals surface area contributed by atoms with Gasteiger partial charge in [0.05, 0.1) is 5.75 Å². The van der Waals surface area contributed by atoms with Crippen molar-refractivity contribution in [1.82, 2.24) is 5.32 Å². The molecule has 0 aromatic heterocycles. The molecule has 3 nitrogen and oxygen atoms in total. The van der Waals surface area contributed by atoms with Crippen LogP contribution in [0.15, 0.2) is 0 Å². The fourth-order valence-corrected chi connectivity index (χ4v) is 1.84. The van der Waals surface area contributed by atoms with E-state index < -0.39 is 9.84 Å². The van der Waals surface area contributed by atoms with Gasteiger partial charge in [-0.3, -0.25) is 0 Å². The zero-order chi connectivity index (χ0) is 10.3. The van der Waals surface area contributed by atoms with Crippen LogP contribution in [0, 0.1) is 0 Å². The normalized spacial score (nSPS) is 14.4. The largest absolute Gasteiger partial charge is 0.315 e. The highest BCUT2D eigenvalue weighted by molar-refractivity contribution is 7.91. The van der Waals surface area contributed by atoms with Crippen molar-refractivity contribution < 1.29 is 8.42 Å². The highest BCUT2D eigenvalue weighted by Crippen LogP contribution is 1.93. The van der Waals surface area contributed by atoms with Gasteiger partial charge in [-0.15, -0.1) is 11.6 Å². The Kier molecular flexibility index (Phi) is 6.73. The number of rotatable bonds is 7. The van der Waals surface area contributed by atoms with Crippen molar-refractivity contribution in [2.24, 2.45) is 0 Å². The third kappa shape index (κ3) is 8.53. The summed E-state index contributed by atoms with van der Waals surface area (Å²) in [5, 5.41) is 3.18. The van der Waals surface area contributed by atoms with Gasteiger partial charge in [-0.2, -0.15) is 0 Å². The van der Waals surface area contributed by atoms with E-state index in [1.807, 2.05) is 6.92 Å². The molecule has 0 aromatic carbocycles. The second-order valence-electron chi connectivity index (χ2n) is 3.07. The van der Waals surface area contributed by atoms with Crippen molar-refractivity contribution >= 4 is 21.4 Å². The van der Waals surface area contributed by atoms with Gasteiger partial charge in [0.1, 0.15) is 9.84 Å². The van der Waals surface area contributed by atoms with E-state index in [2.05, 4.69) is 5.32 Å². The second kappa shape index (κ2) is 6.62. The van der Waals surface area contributed by atoms with E-state index in [-0.39, 0.29) is 16.9 Å². The fourth-order valence-electron chi connectivity index (χ4n) is 0.862. The van der Waals surface area contributed by atoms with Crippen LogP contribution in [0.1, 0.15) is 20.3 Å². The topological polar surface area (TPSA) is 46.2 Å². The monoisotopic (exact) mass is 227 g/mol. The van der Waals surface area contributed by atoms with Gasteiger partial charge in [-0.25, -0.2) is 8.42 Å². The van der Waals surface area contributed by atoms with Crippen molar-refractivity contribution in [2.75, 3.05) is 24.6 Å². The number of sulfone groups is 1. The van der Waals surface area contributed by atoms with E-state index in [1.165, 1.54) is 0 Å². The maximum atomic E-state index is 11.0. The first-order chi connectivity index (χ1) is 5.98. The molecule has 0 fully saturated rings. The minimum absolute atomic E-state index is 0.0998. The third-order valence-corrected chi connectivity index (χ3v) is 3.62. The van der Waals surface area contributed by atoms with Crippen LogP contribution in [-0.4, -0.2) is 38.4 Å². The molecule has 0 amide bonds. The molecule has 1 N–H and O–H groups in total. The Hall–Kier alpha value is 0.200. The van der Waals surface area contributed by atoms with Gasteiger partial charge < -0.3 is 5.32 Å². The Balaban J connectivity index is 3.37. The SMILES string of the molecule is CCS(=O)(=O)CCCNCC(C)Cl. The van der Waals surface area contributed by atoms with E-state index in [0.717, 1.165) is 13.1 Å². The van der Waals surface area contributed by atoms with E-state index in [4.69, 9.17) is 11.6 Å². The van der Waals surface area contributed by atoms with E-state index in [0.29, 0.717) is 6.42 Å². The van der Waals surface area contributed by atoms with Gasteiger partial charge in [-0.05, 0) is 19.9 Å². The number of hydrogen-bond donors (Lipinski definition) is 1. The predicted octanol–water partition coefficient (Wildman–Crippen LogP) is 1.03. The molecule has 1 unspecified atom stereocenters. The zero-order valence-electron chi connectivity index (χ0n) is 8.22. The molecule has 0 bridgehead atoms. The Morgan fingerprint density at radius 1 is 1.46 bits per heavy atom. The van der Waals surface area contributed by atoms with Crippen molar-refractivity contribution in [1.29, 1.82) is 0 Å². The molecule has 0 radical (unpaired) electrons. The van der Waals surface area contributed by atoms with Crippen molar-refractivity contribution in [2.45, 2.75) is 25.6 Å². The van der Waals surface area contributed by atoms with Crippen molar-refractivity contribution in [3.05, 3.63) is 0 Å². The molecule has 0 aliphatic heterocycles.